The van der Waals surface area contributed by atoms with Gasteiger partial charge in [0.05, 0.1) is 24.4 Å². The molecule has 1 heterocycles. The normalized spacial score (nSPS) is 14.9. The second kappa shape index (κ2) is 8.15. The number of piperazine rings is 1. The second-order valence-corrected chi connectivity index (χ2v) is 5.17. The maximum absolute atomic E-state index is 12.1. The first-order valence-corrected chi connectivity index (χ1v) is 7.57. The van der Waals surface area contributed by atoms with E-state index >= 15 is 0 Å². The third kappa shape index (κ3) is 4.69. The number of amides is 2. The Labute approximate surface area is 135 Å². The predicted molar refractivity (Wildman–Crippen MR) is 84.8 cm³/mol. The Morgan fingerprint density at radius 2 is 1.96 bits per heavy atom. The maximum Gasteiger partial charge on any atom is 0.409 e. The van der Waals surface area contributed by atoms with E-state index in [1.54, 1.807) is 36.1 Å². The molecule has 0 aromatic heterocycles. The van der Waals surface area contributed by atoms with Gasteiger partial charge in [0.1, 0.15) is 6.07 Å². The van der Waals surface area contributed by atoms with Crippen LogP contribution in [-0.2, 0) is 9.53 Å². The molecule has 1 N–H and O–H groups in total. The molecular formula is C16H20N4O3. The van der Waals surface area contributed by atoms with Crippen molar-refractivity contribution in [1.82, 2.24) is 9.80 Å². The lowest BCUT2D eigenvalue weighted by Gasteiger charge is -2.33. The fourth-order valence-corrected chi connectivity index (χ4v) is 2.39. The minimum atomic E-state index is -0.306. The highest BCUT2D eigenvalue weighted by Crippen LogP contribution is 2.13. The largest absolute Gasteiger partial charge is 0.450 e. The van der Waals surface area contributed by atoms with Gasteiger partial charge in [0, 0.05) is 26.2 Å². The molecule has 7 heteroatoms. The number of nitriles is 1. The number of rotatable bonds is 4. The molecule has 122 valence electrons. The molecule has 0 atom stereocenters. The smallest absolute Gasteiger partial charge is 0.409 e. The first-order valence-electron chi connectivity index (χ1n) is 7.57. The molecule has 1 aliphatic heterocycles. The van der Waals surface area contributed by atoms with Crippen molar-refractivity contribution in [3.8, 4) is 6.07 Å². The molecule has 23 heavy (non-hydrogen) atoms. The van der Waals surface area contributed by atoms with Crippen LogP contribution in [-0.4, -0.2) is 61.1 Å². The topological polar surface area (TPSA) is 85.7 Å². The van der Waals surface area contributed by atoms with Crippen LogP contribution in [0.15, 0.2) is 24.3 Å². The lowest BCUT2D eigenvalue weighted by atomic mass is 10.2. The lowest BCUT2D eigenvalue weighted by Crippen LogP contribution is -2.50. The SMILES string of the molecule is CCOC(=O)N1CCN(CC(=O)Nc2ccccc2C#N)CC1. The quantitative estimate of drug-likeness (QED) is 0.904. The highest BCUT2D eigenvalue weighted by molar-refractivity contribution is 5.93. The van der Waals surface area contributed by atoms with Crippen LogP contribution in [0.5, 0.6) is 0 Å². The average molecular weight is 316 g/mol. The molecular weight excluding hydrogens is 296 g/mol. The molecule has 7 nitrogen and oxygen atoms in total. The van der Waals surface area contributed by atoms with Crippen LogP contribution in [0.25, 0.3) is 0 Å². The Kier molecular flexibility index (Phi) is 5.94. The van der Waals surface area contributed by atoms with Crippen molar-refractivity contribution in [2.45, 2.75) is 6.92 Å². The summed E-state index contributed by atoms with van der Waals surface area (Å²) in [6.07, 6.45) is -0.306. The van der Waals surface area contributed by atoms with Crippen LogP contribution < -0.4 is 5.32 Å². The number of anilines is 1. The molecule has 1 aromatic rings. The van der Waals surface area contributed by atoms with E-state index in [1.165, 1.54) is 0 Å². The number of hydrogen-bond donors (Lipinski definition) is 1. The van der Waals surface area contributed by atoms with E-state index < -0.39 is 0 Å². The Morgan fingerprint density at radius 1 is 1.26 bits per heavy atom. The van der Waals surface area contributed by atoms with Crippen LogP contribution in [0.2, 0.25) is 0 Å². The number of nitrogens with one attached hydrogen (secondary N) is 1. The van der Waals surface area contributed by atoms with Crippen molar-refractivity contribution < 1.29 is 14.3 Å². The van der Waals surface area contributed by atoms with Gasteiger partial charge in [-0.25, -0.2) is 4.79 Å². The summed E-state index contributed by atoms with van der Waals surface area (Å²) < 4.78 is 4.96. The van der Waals surface area contributed by atoms with Crippen molar-refractivity contribution >= 4 is 17.7 Å². The van der Waals surface area contributed by atoms with Crippen LogP contribution in [0.1, 0.15) is 12.5 Å². The van der Waals surface area contributed by atoms with E-state index in [4.69, 9.17) is 10.00 Å². The Bertz CT molecular complexity index is 604. The van der Waals surface area contributed by atoms with E-state index in [1.807, 2.05) is 11.0 Å². The van der Waals surface area contributed by atoms with E-state index in [0.29, 0.717) is 44.0 Å². The average Bonchev–Trinajstić information content (AvgIpc) is 2.56. The number of ether oxygens (including phenoxy) is 1. The van der Waals surface area contributed by atoms with Crippen LogP contribution in [0.3, 0.4) is 0 Å². The summed E-state index contributed by atoms with van der Waals surface area (Å²) in [5, 5.41) is 11.8. The van der Waals surface area contributed by atoms with Gasteiger partial charge in [-0.05, 0) is 19.1 Å². The van der Waals surface area contributed by atoms with Gasteiger partial charge in [-0.15, -0.1) is 0 Å². The molecule has 1 saturated heterocycles. The van der Waals surface area contributed by atoms with Gasteiger partial charge in [0.15, 0.2) is 0 Å². The van der Waals surface area contributed by atoms with Gasteiger partial charge in [0.25, 0.3) is 0 Å². The summed E-state index contributed by atoms with van der Waals surface area (Å²) in [5.74, 6) is -0.169. The summed E-state index contributed by atoms with van der Waals surface area (Å²) in [7, 11) is 0. The number of benzene rings is 1. The van der Waals surface area contributed by atoms with Gasteiger partial charge >= 0.3 is 6.09 Å². The third-order valence-electron chi connectivity index (χ3n) is 3.59. The molecule has 2 rings (SSSR count). The Hall–Kier alpha value is -2.59. The molecule has 0 aliphatic carbocycles. The summed E-state index contributed by atoms with van der Waals surface area (Å²) in [6.45, 7) is 4.69. The van der Waals surface area contributed by atoms with E-state index in [-0.39, 0.29) is 18.5 Å². The zero-order chi connectivity index (χ0) is 16.7. The van der Waals surface area contributed by atoms with Gasteiger partial charge in [-0.3, -0.25) is 9.69 Å². The highest BCUT2D eigenvalue weighted by atomic mass is 16.6. The highest BCUT2D eigenvalue weighted by Gasteiger charge is 2.23. The summed E-state index contributed by atoms with van der Waals surface area (Å²) >= 11 is 0. The summed E-state index contributed by atoms with van der Waals surface area (Å²) in [6, 6.07) is 8.94. The molecule has 1 aromatic carbocycles. The van der Waals surface area contributed by atoms with Crippen LogP contribution in [0.4, 0.5) is 10.5 Å². The number of carbonyl (C=O) groups is 2. The zero-order valence-electron chi connectivity index (χ0n) is 13.1. The Morgan fingerprint density at radius 3 is 2.61 bits per heavy atom. The zero-order valence-corrected chi connectivity index (χ0v) is 13.1. The predicted octanol–water partition coefficient (Wildman–Crippen LogP) is 1.27. The molecule has 0 spiro atoms. The molecule has 1 fully saturated rings. The molecule has 2 amide bonds. The van der Waals surface area contributed by atoms with E-state index in [2.05, 4.69) is 5.32 Å². The third-order valence-corrected chi connectivity index (χ3v) is 3.59. The first-order chi connectivity index (χ1) is 11.1. The lowest BCUT2D eigenvalue weighted by molar-refractivity contribution is -0.117. The van der Waals surface area contributed by atoms with Crippen LogP contribution in [0, 0.1) is 11.3 Å². The number of carbonyl (C=O) groups excluding carboxylic acids is 2. The summed E-state index contributed by atoms with van der Waals surface area (Å²) in [4.78, 5) is 27.3. The summed E-state index contributed by atoms with van der Waals surface area (Å²) in [5.41, 5.74) is 0.957. The van der Waals surface area contributed by atoms with Gasteiger partial charge in [0.2, 0.25) is 5.91 Å². The van der Waals surface area contributed by atoms with Crippen molar-refractivity contribution in [3.63, 3.8) is 0 Å². The van der Waals surface area contributed by atoms with Gasteiger partial charge in [-0.1, -0.05) is 12.1 Å². The van der Waals surface area contributed by atoms with Crippen LogP contribution >= 0.6 is 0 Å². The fourth-order valence-electron chi connectivity index (χ4n) is 2.39. The standard InChI is InChI=1S/C16H20N4O3/c1-2-23-16(22)20-9-7-19(8-10-20)12-15(21)18-14-6-4-3-5-13(14)11-17/h3-6H,2,7-10,12H2,1H3,(H,18,21). The van der Waals surface area contributed by atoms with Crippen molar-refractivity contribution in [2.24, 2.45) is 0 Å². The monoisotopic (exact) mass is 316 g/mol. The van der Waals surface area contributed by atoms with Gasteiger partial charge in [-0.2, -0.15) is 5.26 Å². The molecule has 0 radical (unpaired) electrons. The van der Waals surface area contributed by atoms with Crippen molar-refractivity contribution in [2.75, 3.05) is 44.6 Å². The van der Waals surface area contributed by atoms with E-state index in [0.717, 1.165) is 0 Å². The fraction of sp³-hybridized carbons (Fsp3) is 0.438. The van der Waals surface area contributed by atoms with E-state index in [9.17, 15) is 9.59 Å². The number of hydrogen-bond acceptors (Lipinski definition) is 5. The molecule has 0 unspecified atom stereocenters. The van der Waals surface area contributed by atoms with Gasteiger partial charge < -0.3 is 15.0 Å². The minimum Gasteiger partial charge on any atom is -0.450 e. The molecule has 1 aliphatic rings. The number of nitrogens with zero attached hydrogens (tertiary/aromatic N) is 3. The molecule has 0 saturated carbocycles. The first kappa shape index (κ1) is 16.8. The minimum absolute atomic E-state index is 0.169. The van der Waals surface area contributed by atoms with Crippen molar-refractivity contribution in [3.05, 3.63) is 29.8 Å². The second-order valence-electron chi connectivity index (χ2n) is 5.17. The number of para-hydroxylation sites is 1. The Balaban J connectivity index is 1.81. The van der Waals surface area contributed by atoms with Crippen molar-refractivity contribution in [1.29, 1.82) is 5.26 Å². The maximum atomic E-state index is 12.1. The molecule has 0 bridgehead atoms.